The third-order valence-corrected chi connectivity index (χ3v) is 5.21. The molecule has 1 saturated heterocycles. The summed E-state index contributed by atoms with van der Waals surface area (Å²) in [5, 5.41) is 5.64. The summed E-state index contributed by atoms with van der Waals surface area (Å²) in [6.45, 7) is 4.79. The van der Waals surface area contributed by atoms with Gasteiger partial charge in [-0.2, -0.15) is 0 Å². The van der Waals surface area contributed by atoms with Crippen LogP contribution in [-0.2, 0) is 32.2 Å². The number of nitrogens with two attached hydrogens (primary N) is 1. The Balaban J connectivity index is 1.40. The summed E-state index contributed by atoms with van der Waals surface area (Å²) in [6, 6.07) is 5.15. The molecule has 9 heteroatoms. The van der Waals surface area contributed by atoms with Crippen molar-refractivity contribution in [3.05, 3.63) is 34.9 Å². The Hall–Kier alpha value is -2.33. The number of ether oxygens (including phenoxy) is 2. The average molecular weight is 418 g/mol. The van der Waals surface area contributed by atoms with Crippen LogP contribution in [-0.4, -0.2) is 68.2 Å². The number of piperidine rings is 1. The molecule has 4 N–H and O–H groups in total. The first-order chi connectivity index (χ1) is 14.6. The fourth-order valence-electron chi connectivity index (χ4n) is 3.62. The van der Waals surface area contributed by atoms with E-state index in [0.29, 0.717) is 64.6 Å². The van der Waals surface area contributed by atoms with E-state index >= 15 is 0 Å². The van der Waals surface area contributed by atoms with Gasteiger partial charge in [0.1, 0.15) is 6.04 Å². The average Bonchev–Trinajstić information content (AvgIpc) is 3.05. The number of nitrogens with one attached hydrogen (secondary N) is 2. The molecule has 0 radical (unpaired) electrons. The Morgan fingerprint density at radius 2 is 1.93 bits per heavy atom. The number of amides is 3. The highest BCUT2D eigenvalue weighted by Crippen LogP contribution is 2.28. The zero-order chi connectivity index (χ0) is 21.3. The summed E-state index contributed by atoms with van der Waals surface area (Å²) in [5.41, 5.74) is 8.00. The molecule has 1 atom stereocenters. The van der Waals surface area contributed by atoms with Crippen LogP contribution in [0.3, 0.4) is 0 Å². The highest BCUT2D eigenvalue weighted by molar-refractivity contribution is 6.05. The second-order valence-electron chi connectivity index (χ2n) is 7.44. The first kappa shape index (κ1) is 22.4. The zero-order valence-electron chi connectivity index (χ0n) is 17.2. The Morgan fingerprint density at radius 3 is 2.70 bits per heavy atom. The third-order valence-electron chi connectivity index (χ3n) is 5.21. The molecule has 0 spiro atoms. The molecule has 2 heterocycles. The Kier molecular flexibility index (Phi) is 8.32. The van der Waals surface area contributed by atoms with Crippen molar-refractivity contribution >= 4 is 17.7 Å². The van der Waals surface area contributed by atoms with E-state index in [1.807, 2.05) is 18.2 Å². The lowest BCUT2D eigenvalue weighted by atomic mass is 10.0. The van der Waals surface area contributed by atoms with E-state index in [1.54, 1.807) is 4.90 Å². The SMILES string of the molecule is NCCCOCCOCCNCc1ccc2c(c1)CN(C1CCC(=O)NC1=O)C2=O. The maximum Gasteiger partial charge on any atom is 0.255 e. The van der Waals surface area contributed by atoms with E-state index in [9.17, 15) is 14.4 Å². The Labute approximate surface area is 176 Å². The summed E-state index contributed by atoms with van der Waals surface area (Å²) < 4.78 is 10.9. The molecule has 0 aromatic heterocycles. The summed E-state index contributed by atoms with van der Waals surface area (Å²) in [7, 11) is 0. The van der Waals surface area contributed by atoms with Crippen LogP contribution in [0, 0.1) is 0 Å². The van der Waals surface area contributed by atoms with Crippen LogP contribution in [0.1, 0.15) is 40.7 Å². The summed E-state index contributed by atoms with van der Waals surface area (Å²) >= 11 is 0. The lowest BCUT2D eigenvalue weighted by Gasteiger charge is -2.29. The normalized spacial score (nSPS) is 18.6. The van der Waals surface area contributed by atoms with E-state index in [4.69, 9.17) is 15.2 Å². The minimum absolute atomic E-state index is 0.152. The quantitative estimate of drug-likeness (QED) is 0.320. The maximum atomic E-state index is 12.7. The van der Waals surface area contributed by atoms with E-state index in [2.05, 4.69) is 10.6 Å². The van der Waals surface area contributed by atoms with Crippen LogP contribution in [0.4, 0.5) is 0 Å². The first-order valence-corrected chi connectivity index (χ1v) is 10.4. The molecule has 30 heavy (non-hydrogen) atoms. The van der Waals surface area contributed by atoms with Crippen LogP contribution >= 0.6 is 0 Å². The van der Waals surface area contributed by atoms with Gasteiger partial charge in [-0.05, 0) is 36.6 Å². The second-order valence-corrected chi connectivity index (χ2v) is 7.44. The molecular formula is C21H30N4O5. The topological polar surface area (TPSA) is 123 Å². The molecule has 0 bridgehead atoms. The van der Waals surface area contributed by atoms with Gasteiger partial charge in [0.25, 0.3) is 5.91 Å². The van der Waals surface area contributed by atoms with Gasteiger partial charge in [-0.3, -0.25) is 19.7 Å². The smallest absolute Gasteiger partial charge is 0.255 e. The lowest BCUT2D eigenvalue weighted by molar-refractivity contribution is -0.136. The van der Waals surface area contributed by atoms with Gasteiger partial charge in [-0.1, -0.05) is 12.1 Å². The van der Waals surface area contributed by atoms with Crippen molar-refractivity contribution in [1.29, 1.82) is 0 Å². The van der Waals surface area contributed by atoms with Crippen LogP contribution in [0.2, 0.25) is 0 Å². The van der Waals surface area contributed by atoms with Gasteiger partial charge >= 0.3 is 0 Å². The predicted octanol–water partition coefficient (Wildman–Crippen LogP) is -0.0808. The molecule has 1 aromatic carbocycles. The van der Waals surface area contributed by atoms with Crippen LogP contribution in [0.5, 0.6) is 0 Å². The molecule has 3 rings (SSSR count). The van der Waals surface area contributed by atoms with Crippen molar-refractivity contribution in [3.63, 3.8) is 0 Å². The number of carbonyl (C=O) groups is 3. The molecule has 1 unspecified atom stereocenters. The van der Waals surface area contributed by atoms with Crippen molar-refractivity contribution in [1.82, 2.24) is 15.5 Å². The fraction of sp³-hybridized carbons (Fsp3) is 0.571. The van der Waals surface area contributed by atoms with E-state index in [1.165, 1.54) is 0 Å². The number of imide groups is 1. The molecule has 9 nitrogen and oxygen atoms in total. The predicted molar refractivity (Wildman–Crippen MR) is 110 cm³/mol. The highest BCUT2D eigenvalue weighted by atomic mass is 16.5. The second kappa shape index (κ2) is 11.2. The van der Waals surface area contributed by atoms with Gasteiger partial charge in [-0.25, -0.2) is 0 Å². The van der Waals surface area contributed by atoms with Gasteiger partial charge in [0, 0.05) is 38.2 Å². The number of rotatable bonds is 12. The summed E-state index contributed by atoms with van der Waals surface area (Å²) in [5.74, 6) is -0.822. The molecule has 1 aromatic rings. The number of nitrogens with zero attached hydrogens (tertiary/aromatic N) is 1. The van der Waals surface area contributed by atoms with Crippen LogP contribution in [0.15, 0.2) is 18.2 Å². The molecule has 3 amide bonds. The first-order valence-electron chi connectivity index (χ1n) is 10.4. The molecule has 0 saturated carbocycles. The minimum atomic E-state index is -0.583. The van der Waals surface area contributed by atoms with Gasteiger partial charge in [0.15, 0.2) is 0 Å². The largest absolute Gasteiger partial charge is 0.379 e. The van der Waals surface area contributed by atoms with E-state index in [0.717, 1.165) is 17.5 Å². The van der Waals surface area contributed by atoms with Crippen molar-refractivity contribution in [2.24, 2.45) is 5.73 Å². The number of hydrogen-bond donors (Lipinski definition) is 3. The summed E-state index contributed by atoms with van der Waals surface area (Å²) in [4.78, 5) is 37.7. The van der Waals surface area contributed by atoms with Crippen molar-refractivity contribution < 1.29 is 23.9 Å². The van der Waals surface area contributed by atoms with Crippen molar-refractivity contribution in [2.45, 2.75) is 38.4 Å². The molecule has 1 fully saturated rings. The number of hydrogen-bond acceptors (Lipinski definition) is 7. The van der Waals surface area contributed by atoms with E-state index in [-0.39, 0.29) is 24.1 Å². The lowest BCUT2D eigenvalue weighted by Crippen LogP contribution is -2.52. The number of benzene rings is 1. The Morgan fingerprint density at radius 1 is 1.13 bits per heavy atom. The molecule has 2 aliphatic heterocycles. The molecule has 164 valence electrons. The third kappa shape index (κ3) is 5.85. The van der Waals surface area contributed by atoms with Crippen LogP contribution < -0.4 is 16.4 Å². The Bertz CT molecular complexity index is 770. The van der Waals surface area contributed by atoms with Crippen molar-refractivity contribution in [3.8, 4) is 0 Å². The van der Waals surface area contributed by atoms with Gasteiger partial charge in [-0.15, -0.1) is 0 Å². The van der Waals surface area contributed by atoms with Crippen LogP contribution in [0.25, 0.3) is 0 Å². The molecule has 2 aliphatic rings. The van der Waals surface area contributed by atoms with Gasteiger partial charge in [0.2, 0.25) is 11.8 Å². The maximum absolute atomic E-state index is 12.7. The summed E-state index contributed by atoms with van der Waals surface area (Å²) in [6.07, 6.45) is 1.49. The standard InChI is InChI=1S/C21H30N4O5/c22-6-1-8-29-10-11-30-9-7-23-13-15-2-3-17-16(12-15)14-25(21(17)28)18-4-5-19(26)24-20(18)27/h2-3,12,18,23H,1,4-11,13-14,22H2,(H,24,26,27). The van der Waals surface area contributed by atoms with E-state index < -0.39 is 6.04 Å². The molecule has 0 aliphatic carbocycles. The minimum Gasteiger partial charge on any atom is -0.379 e. The highest BCUT2D eigenvalue weighted by Gasteiger charge is 2.38. The monoisotopic (exact) mass is 418 g/mol. The van der Waals surface area contributed by atoms with Gasteiger partial charge < -0.3 is 25.4 Å². The van der Waals surface area contributed by atoms with Crippen molar-refractivity contribution in [2.75, 3.05) is 39.5 Å². The fourth-order valence-corrected chi connectivity index (χ4v) is 3.62. The number of fused-ring (bicyclic) bond motifs is 1. The molecular weight excluding hydrogens is 388 g/mol. The zero-order valence-corrected chi connectivity index (χ0v) is 17.2. The van der Waals surface area contributed by atoms with Gasteiger partial charge in [0.05, 0.1) is 19.8 Å². The number of carbonyl (C=O) groups excluding carboxylic acids is 3.